The van der Waals surface area contributed by atoms with Crippen LogP contribution < -0.4 is 26.0 Å². The van der Waals surface area contributed by atoms with Gasteiger partial charge in [-0.3, -0.25) is 18.7 Å². The molecule has 10 nitrogen and oxygen atoms in total. The number of amides is 1. The molecule has 0 aliphatic rings. The van der Waals surface area contributed by atoms with Crippen LogP contribution in [-0.4, -0.2) is 39.2 Å². The minimum Gasteiger partial charge on any atom is -0.497 e. The average molecular weight is 482 g/mol. The molecule has 0 fully saturated rings. The average Bonchev–Trinajstić information content (AvgIpc) is 2.85. The van der Waals surface area contributed by atoms with Crippen LogP contribution in [0.25, 0.3) is 11.2 Å². The standard InChI is InChI=1S/C23H20ClN5O5/c1-33-17-9-16(10-18(11-17)34-2)27-19(30)13-28-21-20(25-7-8-26-21)22(31)29(23(28)32)12-14-3-5-15(24)6-4-14/h3-11H,12-13H2,1-2H3,(H,27,30). The monoisotopic (exact) mass is 481 g/mol. The van der Waals surface area contributed by atoms with Gasteiger partial charge in [-0.15, -0.1) is 0 Å². The van der Waals surface area contributed by atoms with Crippen LogP contribution in [0.1, 0.15) is 5.56 Å². The summed E-state index contributed by atoms with van der Waals surface area (Å²) in [4.78, 5) is 47.3. The van der Waals surface area contributed by atoms with Crippen LogP contribution in [0.3, 0.4) is 0 Å². The number of ether oxygens (including phenoxy) is 2. The van der Waals surface area contributed by atoms with Crippen LogP contribution in [-0.2, 0) is 17.9 Å². The maximum absolute atomic E-state index is 13.3. The van der Waals surface area contributed by atoms with Crippen LogP contribution in [0.4, 0.5) is 5.69 Å². The SMILES string of the molecule is COc1cc(NC(=O)Cn2c(=O)n(Cc3ccc(Cl)cc3)c(=O)c3nccnc32)cc(OC)c1. The molecular formula is C23H20ClN5O5. The summed E-state index contributed by atoms with van der Waals surface area (Å²) < 4.78 is 12.6. The molecule has 1 amide bonds. The molecule has 4 rings (SSSR count). The van der Waals surface area contributed by atoms with Gasteiger partial charge in [-0.05, 0) is 17.7 Å². The van der Waals surface area contributed by atoms with E-state index in [0.29, 0.717) is 27.8 Å². The lowest BCUT2D eigenvalue weighted by atomic mass is 10.2. The van der Waals surface area contributed by atoms with E-state index < -0.39 is 23.7 Å². The Labute approximate surface area is 198 Å². The molecule has 0 atom stereocenters. The van der Waals surface area contributed by atoms with Gasteiger partial charge in [-0.25, -0.2) is 14.8 Å². The first-order valence-corrected chi connectivity index (χ1v) is 10.5. The molecule has 2 aromatic heterocycles. The van der Waals surface area contributed by atoms with Crippen molar-refractivity contribution in [1.82, 2.24) is 19.1 Å². The molecule has 0 radical (unpaired) electrons. The fourth-order valence-corrected chi connectivity index (χ4v) is 3.53. The van der Waals surface area contributed by atoms with Crippen molar-refractivity contribution in [1.29, 1.82) is 0 Å². The van der Waals surface area contributed by atoms with Gasteiger partial charge in [-0.2, -0.15) is 0 Å². The number of carbonyl (C=O) groups excluding carboxylic acids is 1. The van der Waals surface area contributed by atoms with Crippen molar-refractivity contribution in [2.45, 2.75) is 13.1 Å². The Morgan fingerprint density at radius 2 is 1.62 bits per heavy atom. The lowest BCUT2D eigenvalue weighted by molar-refractivity contribution is -0.116. The molecule has 0 saturated heterocycles. The first-order valence-electron chi connectivity index (χ1n) is 10.1. The number of methoxy groups -OCH3 is 2. The summed E-state index contributed by atoms with van der Waals surface area (Å²) in [6.07, 6.45) is 2.71. The van der Waals surface area contributed by atoms with Gasteiger partial charge in [0, 0.05) is 41.3 Å². The Balaban J connectivity index is 1.72. The van der Waals surface area contributed by atoms with Gasteiger partial charge in [0.2, 0.25) is 5.91 Å². The highest BCUT2D eigenvalue weighted by atomic mass is 35.5. The number of anilines is 1. The number of nitrogens with one attached hydrogen (secondary N) is 1. The number of fused-ring (bicyclic) bond motifs is 1. The van der Waals surface area contributed by atoms with E-state index in [9.17, 15) is 14.4 Å². The topological polar surface area (TPSA) is 117 Å². The van der Waals surface area contributed by atoms with Gasteiger partial charge in [0.25, 0.3) is 5.56 Å². The largest absolute Gasteiger partial charge is 0.497 e. The molecule has 2 aromatic carbocycles. The molecule has 1 N–H and O–H groups in total. The zero-order chi connectivity index (χ0) is 24.2. The molecule has 34 heavy (non-hydrogen) atoms. The van der Waals surface area contributed by atoms with E-state index in [1.165, 1.54) is 26.6 Å². The molecule has 0 aliphatic heterocycles. The first kappa shape index (κ1) is 23.0. The molecule has 0 unspecified atom stereocenters. The highest BCUT2D eigenvalue weighted by molar-refractivity contribution is 6.30. The van der Waals surface area contributed by atoms with Crippen molar-refractivity contribution >= 4 is 34.4 Å². The molecule has 0 aliphatic carbocycles. The Kier molecular flexibility index (Phi) is 6.60. The molecule has 4 aromatic rings. The summed E-state index contributed by atoms with van der Waals surface area (Å²) in [6, 6.07) is 11.6. The number of rotatable bonds is 7. The number of benzene rings is 2. The Bertz CT molecular complexity index is 1460. The van der Waals surface area contributed by atoms with Gasteiger partial charge < -0.3 is 14.8 Å². The zero-order valence-electron chi connectivity index (χ0n) is 18.3. The second kappa shape index (κ2) is 9.75. The second-order valence-corrected chi connectivity index (χ2v) is 7.70. The van der Waals surface area contributed by atoms with Crippen LogP contribution in [0.15, 0.2) is 64.4 Å². The van der Waals surface area contributed by atoms with Crippen LogP contribution in [0, 0.1) is 0 Å². The normalized spacial score (nSPS) is 10.8. The Morgan fingerprint density at radius 3 is 2.26 bits per heavy atom. The first-order chi connectivity index (χ1) is 16.4. The summed E-state index contributed by atoms with van der Waals surface area (Å²) in [5.74, 6) is 0.459. The van der Waals surface area contributed by atoms with Crippen molar-refractivity contribution in [3.8, 4) is 11.5 Å². The molecular weight excluding hydrogens is 462 g/mol. The quantitative estimate of drug-likeness (QED) is 0.430. The number of nitrogens with zero attached hydrogens (tertiary/aromatic N) is 4. The molecule has 11 heteroatoms. The highest BCUT2D eigenvalue weighted by Crippen LogP contribution is 2.25. The van der Waals surface area contributed by atoms with Gasteiger partial charge in [0.1, 0.15) is 18.0 Å². The number of halogens is 1. The third-order valence-corrected chi connectivity index (χ3v) is 5.29. The number of hydrogen-bond donors (Lipinski definition) is 1. The van der Waals surface area contributed by atoms with E-state index in [0.717, 1.165) is 9.13 Å². The summed E-state index contributed by atoms with van der Waals surface area (Å²) in [7, 11) is 2.99. The van der Waals surface area contributed by atoms with Gasteiger partial charge in [0.05, 0.1) is 20.8 Å². The Hall–Kier alpha value is -4.18. The maximum Gasteiger partial charge on any atom is 0.333 e. The minimum absolute atomic E-state index is 0.0169. The van der Waals surface area contributed by atoms with E-state index >= 15 is 0 Å². The third-order valence-electron chi connectivity index (χ3n) is 5.03. The minimum atomic E-state index is -0.689. The molecule has 2 heterocycles. The van der Waals surface area contributed by atoms with Gasteiger partial charge in [0.15, 0.2) is 11.2 Å². The summed E-state index contributed by atoms with van der Waals surface area (Å²) in [5.41, 5.74) is -0.191. The van der Waals surface area contributed by atoms with Gasteiger partial charge >= 0.3 is 5.69 Å². The van der Waals surface area contributed by atoms with Crippen molar-refractivity contribution in [3.05, 3.63) is 86.3 Å². The summed E-state index contributed by atoms with van der Waals surface area (Å²) >= 11 is 5.93. The third kappa shape index (κ3) is 4.76. The van der Waals surface area contributed by atoms with E-state index in [1.54, 1.807) is 42.5 Å². The number of carbonyl (C=O) groups is 1. The Morgan fingerprint density at radius 1 is 0.971 bits per heavy atom. The smallest absolute Gasteiger partial charge is 0.333 e. The molecule has 0 spiro atoms. The maximum atomic E-state index is 13.3. The summed E-state index contributed by atoms with van der Waals surface area (Å²) in [5, 5.41) is 3.24. The highest BCUT2D eigenvalue weighted by Gasteiger charge is 2.18. The predicted molar refractivity (Wildman–Crippen MR) is 127 cm³/mol. The van der Waals surface area contributed by atoms with Crippen molar-refractivity contribution < 1.29 is 14.3 Å². The van der Waals surface area contributed by atoms with E-state index in [1.807, 2.05) is 0 Å². The van der Waals surface area contributed by atoms with Crippen LogP contribution in [0.2, 0.25) is 5.02 Å². The fraction of sp³-hybridized carbons (Fsp3) is 0.174. The van der Waals surface area contributed by atoms with Crippen molar-refractivity contribution in [2.24, 2.45) is 0 Å². The number of hydrogen-bond acceptors (Lipinski definition) is 7. The predicted octanol–water partition coefficient (Wildman–Crippen LogP) is 2.31. The molecule has 0 saturated carbocycles. The van der Waals surface area contributed by atoms with Crippen LogP contribution >= 0.6 is 11.6 Å². The fourth-order valence-electron chi connectivity index (χ4n) is 3.41. The van der Waals surface area contributed by atoms with Gasteiger partial charge in [-0.1, -0.05) is 23.7 Å². The van der Waals surface area contributed by atoms with Crippen molar-refractivity contribution in [2.75, 3.05) is 19.5 Å². The summed E-state index contributed by atoms with van der Waals surface area (Å²) in [6.45, 7) is -0.412. The molecule has 0 bridgehead atoms. The second-order valence-electron chi connectivity index (χ2n) is 7.26. The van der Waals surface area contributed by atoms with Crippen molar-refractivity contribution in [3.63, 3.8) is 0 Å². The lowest BCUT2D eigenvalue weighted by Crippen LogP contribution is -2.42. The number of aromatic nitrogens is 4. The molecule has 174 valence electrons. The van der Waals surface area contributed by atoms with Crippen LogP contribution in [0.5, 0.6) is 11.5 Å². The van der Waals surface area contributed by atoms with E-state index in [-0.39, 0.29) is 17.7 Å². The van der Waals surface area contributed by atoms with E-state index in [2.05, 4.69) is 15.3 Å². The van der Waals surface area contributed by atoms with E-state index in [4.69, 9.17) is 21.1 Å². The zero-order valence-corrected chi connectivity index (χ0v) is 19.1. The lowest BCUT2D eigenvalue weighted by Gasteiger charge is -2.14.